The molecular formula is C24H38N2O6. The number of ketones is 2. The Balaban J connectivity index is 0.000000181. The van der Waals surface area contributed by atoms with Crippen molar-refractivity contribution in [2.75, 3.05) is 26.2 Å². The van der Waals surface area contributed by atoms with E-state index in [2.05, 4.69) is 13.8 Å². The van der Waals surface area contributed by atoms with Crippen molar-refractivity contribution in [1.29, 1.82) is 0 Å². The number of Topliss-reactive ketones (excluding diaryl/α,β-unsaturated/α-hetero) is 2. The van der Waals surface area contributed by atoms with E-state index in [1.807, 2.05) is 41.5 Å². The molecule has 2 saturated carbocycles. The second-order valence-corrected chi connectivity index (χ2v) is 12.4. The Bertz CT molecular complexity index is 757. The number of fused-ring (bicyclic) bond motifs is 2. The number of carbonyl (C=O) groups excluding carboxylic acids is 4. The number of amides is 2. The van der Waals surface area contributed by atoms with Crippen LogP contribution < -0.4 is 0 Å². The van der Waals surface area contributed by atoms with Gasteiger partial charge in [0.05, 0.1) is 0 Å². The van der Waals surface area contributed by atoms with Crippen LogP contribution in [0.2, 0.25) is 0 Å². The van der Waals surface area contributed by atoms with E-state index >= 15 is 0 Å². The first kappa shape index (κ1) is 24.5. The van der Waals surface area contributed by atoms with Crippen LogP contribution in [-0.4, -0.2) is 70.9 Å². The summed E-state index contributed by atoms with van der Waals surface area (Å²) in [5, 5.41) is 0. The van der Waals surface area contributed by atoms with Crippen molar-refractivity contribution in [3.63, 3.8) is 0 Å². The molecule has 0 bridgehead atoms. The largest absolute Gasteiger partial charge is 0.444 e. The molecule has 0 radical (unpaired) electrons. The topological polar surface area (TPSA) is 93.2 Å². The predicted molar refractivity (Wildman–Crippen MR) is 118 cm³/mol. The molecule has 180 valence electrons. The van der Waals surface area contributed by atoms with Gasteiger partial charge in [0.25, 0.3) is 0 Å². The number of ether oxygens (including phenoxy) is 2. The van der Waals surface area contributed by atoms with E-state index in [-0.39, 0.29) is 46.4 Å². The van der Waals surface area contributed by atoms with E-state index in [1.54, 1.807) is 9.80 Å². The van der Waals surface area contributed by atoms with Gasteiger partial charge in [-0.1, -0.05) is 13.8 Å². The zero-order chi connectivity index (χ0) is 24.3. The first-order chi connectivity index (χ1) is 14.4. The van der Waals surface area contributed by atoms with Crippen molar-refractivity contribution >= 4 is 23.8 Å². The lowest BCUT2D eigenvalue weighted by Crippen LogP contribution is -2.45. The minimum Gasteiger partial charge on any atom is -0.444 e. The molecule has 2 aliphatic carbocycles. The number of carbonyl (C=O) groups is 4. The normalized spacial score (nSPS) is 33.4. The Morgan fingerprint density at radius 1 is 0.750 bits per heavy atom. The van der Waals surface area contributed by atoms with Crippen LogP contribution in [0.4, 0.5) is 9.59 Å². The third-order valence-corrected chi connectivity index (χ3v) is 6.83. The molecule has 4 fully saturated rings. The Hall–Kier alpha value is -2.12. The Kier molecular flexibility index (Phi) is 5.93. The summed E-state index contributed by atoms with van der Waals surface area (Å²) in [4.78, 5) is 49.8. The highest BCUT2D eigenvalue weighted by Crippen LogP contribution is 2.50. The van der Waals surface area contributed by atoms with E-state index in [4.69, 9.17) is 9.47 Å². The first-order valence-electron chi connectivity index (χ1n) is 11.4. The lowest BCUT2D eigenvalue weighted by Gasteiger charge is -2.38. The zero-order valence-corrected chi connectivity index (χ0v) is 20.7. The van der Waals surface area contributed by atoms with E-state index in [0.29, 0.717) is 39.0 Å². The van der Waals surface area contributed by atoms with Gasteiger partial charge in [-0.2, -0.15) is 0 Å². The maximum atomic E-state index is 11.8. The van der Waals surface area contributed by atoms with Gasteiger partial charge in [0.1, 0.15) is 22.8 Å². The number of rotatable bonds is 0. The minimum atomic E-state index is -0.469. The molecule has 0 unspecified atom stereocenters. The second kappa shape index (κ2) is 7.73. The Morgan fingerprint density at radius 3 is 1.28 bits per heavy atom. The van der Waals surface area contributed by atoms with Gasteiger partial charge >= 0.3 is 12.2 Å². The standard InChI is InChI=1S/2C12H19NO3/c2*1-11(2,3)16-10(15)13-6-8-9(14)5-12(8,4)7-13/h2*8H,5-7H2,1-4H3/t2*8-,12-/m10/s1. The monoisotopic (exact) mass is 450 g/mol. The summed E-state index contributed by atoms with van der Waals surface area (Å²) in [5.74, 6) is 0.655. The summed E-state index contributed by atoms with van der Waals surface area (Å²) in [6.45, 7) is 17.6. The smallest absolute Gasteiger partial charge is 0.410 e. The number of hydrogen-bond acceptors (Lipinski definition) is 6. The van der Waals surface area contributed by atoms with Gasteiger partial charge in [-0.25, -0.2) is 9.59 Å². The zero-order valence-electron chi connectivity index (χ0n) is 20.7. The van der Waals surface area contributed by atoms with Crippen molar-refractivity contribution in [3.05, 3.63) is 0 Å². The number of nitrogens with zero attached hydrogens (tertiary/aromatic N) is 2. The van der Waals surface area contributed by atoms with Crippen molar-refractivity contribution < 1.29 is 28.7 Å². The Morgan fingerprint density at radius 2 is 1.06 bits per heavy atom. The molecule has 8 nitrogen and oxygen atoms in total. The number of likely N-dealkylation sites (tertiary alicyclic amines) is 2. The Labute approximate surface area is 191 Å². The van der Waals surface area contributed by atoms with Crippen LogP contribution in [0.15, 0.2) is 0 Å². The van der Waals surface area contributed by atoms with Crippen LogP contribution in [-0.2, 0) is 19.1 Å². The minimum absolute atomic E-state index is 0.00792. The van der Waals surface area contributed by atoms with Gasteiger partial charge < -0.3 is 19.3 Å². The van der Waals surface area contributed by atoms with Crippen molar-refractivity contribution in [3.8, 4) is 0 Å². The molecule has 8 heteroatoms. The number of hydrogen-bond donors (Lipinski definition) is 0. The van der Waals surface area contributed by atoms with Crippen LogP contribution >= 0.6 is 0 Å². The SMILES string of the molecule is CC(C)(C)OC(=O)N1C[C@@H]2C(=O)C[C@]2(C)C1.CC(C)(C)OC(=O)N1C[C@H]2C(=O)C[C@@]2(C)C1. The molecule has 0 spiro atoms. The third kappa shape index (κ3) is 4.94. The molecule has 32 heavy (non-hydrogen) atoms. The van der Waals surface area contributed by atoms with Gasteiger partial charge in [-0.05, 0) is 41.5 Å². The average molecular weight is 451 g/mol. The highest BCUT2D eigenvalue weighted by molar-refractivity contribution is 5.91. The van der Waals surface area contributed by atoms with E-state index in [0.717, 1.165) is 0 Å². The predicted octanol–water partition coefficient (Wildman–Crippen LogP) is 3.66. The van der Waals surface area contributed by atoms with Crippen molar-refractivity contribution in [2.45, 2.75) is 79.4 Å². The fraction of sp³-hybridized carbons (Fsp3) is 0.833. The fourth-order valence-electron chi connectivity index (χ4n) is 5.15. The first-order valence-corrected chi connectivity index (χ1v) is 11.4. The summed E-state index contributed by atoms with van der Waals surface area (Å²) in [6.07, 6.45) is 0.625. The van der Waals surface area contributed by atoms with Crippen LogP contribution in [0.1, 0.15) is 68.2 Å². The summed E-state index contributed by atoms with van der Waals surface area (Å²) < 4.78 is 10.6. The van der Waals surface area contributed by atoms with Crippen LogP contribution in [0.25, 0.3) is 0 Å². The molecule has 2 amide bonds. The molecule has 2 heterocycles. The molecule has 4 aliphatic rings. The van der Waals surface area contributed by atoms with Crippen molar-refractivity contribution in [1.82, 2.24) is 9.80 Å². The van der Waals surface area contributed by atoms with E-state index in [9.17, 15) is 19.2 Å². The van der Waals surface area contributed by atoms with E-state index in [1.165, 1.54) is 0 Å². The van der Waals surface area contributed by atoms with Gasteiger partial charge in [0, 0.05) is 61.7 Å². The average Bonchev–Trinajstić information content (AvgIpc) is 3.02. The summed E-state index contributed by atoms with van der Waals surface area (Å²) in [6, 6.07) is 0. The molecule has 2 saturated heterocycles. The molecule has 0 aromatic heterocycles. The maximum Gasteiger partial charge on any atom is 0.410 e. The highest BCUT2D eigenvalue weighted by Gasteiger charge is 2.58. The lowest BCUT2D eigenvalue weighted by molar-refractivity contribution is -0.138. The molecule has 4 atom stereocenters. The maximum absolute atomic E-state index is 11.8. The van der Waals surface area contributed by atoms with Gasteiger partial charge in [-0.3, -0.25) is 9.59 Å². The third-order valence-electron chi connectivity index (χ3n) is 6.83. The summed E-state index contributed by atoms with van der Waals surface area (Å²) >= 11 is 0. The van der Waals surface area contributed by atoms with Crippen molar-refractivity contribution in [2.24, 2.45) is 22.7 Å². The molecule has 0 aromatic carbocycles. The quantitative estimate of drug-likeness (QED) is 0.559. The van der Waals surface area contributed by atoms with Crippen LogP contribution in [0.5, 0.6) is 0 Å². The molecule has 2 aliphatic heterocycles. The van der Waals surface area contributed by atoms with Crippen LogP contribution in [0, 0.1) is 22.7 Å². The summed E-state index contributed by atoms with van der Waals surface area (Å²) in [5.41, 5.74) is -0.921. The summed E-state index contributed by atoms with van der Waals surface area (Å²) in [7, 11) is 0. The van der Waals surface area contributed by atoms with Gasteiger partial charge in [-0.15, -0.1) is 0 Å². The molecule has 4 rings (SSSR count). The molecule has 0 N–H and O–H groups in total. The molecule has 0 aromatic rings. The fourth-order valence-corrected chi connectivity index (χ4v) is 5.15. The van der Waals surface area contributed by atoms with Crippen LogP contribution in [0.3, 0.4) is 0 Å². The van der Waals surface area contributed by atoms with Gasteiger partial charge in [0.15, 0.2) is 0 Å². The lowest BCUT2D eigenvalue weighted by atomic mass is 9.62. The van der Waals surface area contributed by atoms with Gasteiger partial charge in [0.2, 0.25) is 0 Å². The second-order valence-electron chi connectivity index (χ2n) is 12.4. The van der Waals surface area contributed by atoms with E-state index < -0.39 is 11.2 Å². The molecular weight excluding hydrogens is 412 g/mol. The highest BCUT2D eigenvalue weighted by atomic mass is 16.6.